The fraction of sp³-hybridized carbons (Fsp3) is 0.800. The fourth-order valence-corrected chi connectivity index (χ4v) is 1.75. The van der Waals surface area contributed by atoms with Crippen molar-refractivity contribution >= 4 is 5.91 Å². The van der Waals surface area contributed by atoms with Crippen LogP contribution in [0.15, 0.2) is 0 Å². The molecule has 2 aliphatic rings. The Kier molecular flexibility index (Phi) is 1.80. The number of carbonyl (C=O) groups is 1. The Morgan fingerprint density at radius 2 is 2.23 bits per heavy atom. The highest BCUT2D eigenvalue weighted by Crippen LogP contribution is 2.41. The van der Waals surface area contributed by atoms with Crippen LogP contribution in [0, 0.1) is 22.7 Å². The third kappa shape index (κ3) is 1.31. The Labute approximate surface area is 78.1 Å². The zero-order valence-corrected chi connectivity index (χ0v) is 7.84. The highest BCUT2D eigenvalue weighted by molar-refractivity contribution is 5.86. The number of hydrogen-bond donors (Lipinski definition) is 1. The Hall–Kier alpha value is -1.04. The van der Waals surface area contributed by atoms with Gasteiger partial charge >= 0.3 is 0 Å². The van der Waals surface area contributed by atoms with Gasteiger partial charge in [0.05, 0.1) is 6.07 Å². The molecule has 2 unspecified atom stereocenters. The van der Waals surface area contributed by atoms with Gasteiger partial charge in [-0.15, -0.1) is 0 Å². The molecular weight excluding hydrogens is 164 g/mol. The second-order valence-electron chi connectivity index (χ2n) is 4.34. The minimum atomic E-state index is -0.664. The van der Waals surface area contributed by atoms with Crippen molar-refractivity contribution in [2.45, 2.75) is 38.6 Å². The summed E-state index contributed by atoms with van der Waals surface area (Å²) < 4.78 is 0. The molecule has 2 fully saturated rings. The molecule has 0 aromatic heterocycles. The van der Waals surface area contributed by atoms with E-state index in [0.29, 0.717) is 12.0 Å². The molecule has 0 aliphatic heterocycles. The molecule has 2 atom stereocenters. The van der Waals surface area contributed by atoms with E-state index in [4.69, 9.17) is 5.26 Å². The molecular formula is C10H14N2O. The molecule has 2 rings (SSSR count). The van der Waals surface area contributed by atoms with Crippen molar-refractivity contribution in [3.63, 3.8) is 0 Å². The van der Waals surface area contributed by atoms with Crippen molar-refractivity contribution in [2.24, 2.45) is 11.3 Å². The quantitative estimate of drug-likeness (QED) is 0.690. The lowest BCUT2D eigenvalue weighted by atomic mass is 9.69. The molecule has 3 heteroatoms. The average Bonchev–Trinajstić information content (AvgIpc) is 2.65. The summed E-state index contributed by atoms with van der Waals surface area (Å²) in [5.41, 5.74) is -0.664. The number of hydrogen-bond acceptors (Lipinski definition) is 2. The van der Waals surface area contributed by atoms with E-state index in [1.807, 2.05) is 0 Å². The predicted octanol–water partition coefficient (Wildman–Crippen LogP) is 1.20. The van der Waals surface area contributed by atoms with Gasteiger partial charge in [0.1, 0.15) is 5.41 Å². The lowest BCUT2D eigenvalue weighted by Gasteiger charge is -2.33. The Balaban J connectivity index is 1.93. The standard InChI is InChI=1S/C10H14N2O/c1-7-5-8(7)12-9(13)10(6-11)3-2-4-10/h7-8H,2-5H2,1H3,(H,12,13). The minimum Gasteiger partial charge on any atom is -0.352 e. The van der Waals surface area contributed by atoms with E-state index in [1.54, 1.807) is 0 Å². The first-order chi connectivity index (χ1) is 6.18. The van der Waals surface area contributed by atoms with E-state index >= 15 is 0 Å². The van der Waals surface area contributed by atoms with Crippen LogP contribution < -0.4 is 5.32 Å². The van der Waals surface area contributed by atoms with Gasteiger partial charge < -0.3 is 5.32 Å². The van der Waals surface area contributed by atoms with Gasteiger partial charge in [0.15, 0.2) is 0 Å². The fourth-order valence-electron chi connectivity index (χ4n) is 1.75. The van der Waals surface area contributed by atoms with Crippen LogP contribution in [-0.4, -0.2) is 11.9 Å². The maximum Gasteiger partial charge on any atom is 0.240 e. The van der Waals surface area contributed by atoms with Crippen molar-refractivity contribution in [3.05, 3.63) is 0 Å². The molecule has 70 valence electrons. The molecule has 2 aliphatic carbocycles. The molecule has 1 amide bonds. The smallest absolute Gasteiger partial charge is 0.240 e. The predicted molar refractivity (Wildman–Crippen MR) is 47.6 cm³/mol. The molecule has 0 heterocycles. The normalized spacial score (nSPS) is 34.2. The van der Waals surface area contributed by atoms with E-state index in [1.165, 1.54) is 0 Å². The average molecular weight is 178 g/mol. The molecule has 3 nitrogen and oxygen atoms in total. The van der Waals surface area contributed by atoms with Crippen molar-refractivity contribution in [2.75, 3.05) is 0 Å². The van der Waals surface area contributed by atoms with Gasteiger partial charge in [-0.3, -0.25) is 4.79 Å². The topological polar surface area (TPSA) is 52.9 Å². The van der Waals surface area contributed by atoms with Crippen LogP contribution in [0.3, 0.4) is 0 Å². The summed E-state index contributed by atoms with van der Waals surface area (Å²) in [5, 5.41) is 11.8. The van der Waals surface area contributed by atoms with Crippen molar-refractivity contribution in [1.82, 2.24) is 5.32 Å². The molecule has 0 aromatic carbocycles. The first-order valence-corrected chi connectivity index (χ1v) is 4.90. The second-order valence-corrected chi connectivity index (χ2v) is 4.34. The zero-order valence-electron chi connectivity index (χ0n) is 7.84. The Morgan fingerprint density at radius 1 is 1.62 bits per heavy atom. The van der Waals surface area contributed by atoms with Gasteiger partial charge in [-0.25, -0.2) is 0 Å². The third-order valence-corrected chi connectivity index (χ3v) is 3.28. The molecule has 0 saturated heterocycles. The van der Waals surface area contributed by atoms with E-state index in [2.05, 4.69) is 18.3 Å². The molecule has 2 saturated carbocycles. The van der Waals surface area contributed by atoms with Gasteiger partial charge in [0, 0.05) is 6.04 Å². The summed E-state index contributed by atoms with van der Waals surface area (Å²) in [4.78, 5) is 11.6. The number of nitrogens with one attached hydrogen (secondary N) is 1. The molecule has 0 spiro atoms. The summed E-state index contributed by atoms with van der Waals surface area (Å²) in [5.74, 6) is 0.579. The van der Waals surface area contributed by atoms with Crippen molar-refractivity contribution in [1.29, 1.82) is 5.26 Å². The molecule has 0 radical (unpaired) electrons. The minimum absolute atomic E-state index is 0.0319. The number of rotatable bonds is 2. The van der Waals surface area contributed by atoms with Gasteiger partial charge in [-0.05, 0) is 31.6 Å². The molecule has 0 bridgehead atoms. The van der Waals surface area contributed by atoms with Gasteiger partial charge in [0.25, 0.3) is 0 Å². The van der Waals surface area contributed by atoms with E-state index in [9.17, 15) is 4.79 Å². The van der Waals surface area contributed by atoms with Gasteiger partial charge in [-0.2, -0.15) is 5.26 Å². The number of nitrogens with zero attached hydrogens (tertiary/aromatic N) is 1. The largest absolute Gasteiger partial charge is 0.352 e. The number of amides is 1. The summed E-state index contributed by atoms with van der Waals surface area (Å²) in [6.07, 6.45) is 3.58. The third-order valence-electron chi connectivity index (χ3n) is 3.28. The lowest BCUT2D eigenvalue weighted by Crippen LogP contribution is -2.45. The van der Waals surface area contributed by atoms with Gasteiger partial charge in [-0.1, -0.05) is 6.92 Å². The van der Waals surface area contributed by atoms with E-state index in [-0.39, 0.29) is 5.91 Å². The molecule has 0 aromatic rings. The van der Waals surface area contributed by atoms with E-state index in [0.717, 1.165) is 25.7 Å². The maximum absolute atomic E-state index is 11.6. The van der Waals surface area contributed by atoms with Crippen LogP contribution in [-0.2, 0) is 4.79 Å². The monoisotopic (exact) mass is 178 g/mol. The van der Waals surface area contributed by atoms with Crippen molar-refractivity contribution < 1.29 is 4.79 Å². The van der Waals surface area contributed by atoms with E-state index < -0.39 is 5.41 Å². The summed E-state index contributed by atoms with van der Waals surface area (Å²) >= 11 is 0. The Morgan fingerprint density at radius 3 is 2.54 bits per heavy atom. The molecule has 13 heavy (non-hydrogen) atoms. The second kappa shape index (κ2) is 2.73. The van der Waals surface area contributed by atoms with Crippen LogP contribution >= 0.6 is 0 Å². The lowest BCUT2D eigenvalue weighted by molar-refractivity contribution is -0.131. The first kappa shape index (κ1) is 8.55. The van der Waals surface area contributed by atoms with Crippen LogP contribution in [0.1, 0.15) is 32.6 Å². The van der Waals surface area contributed by atoms with Gasteiger partial charge in [0.2, 0.25) is 5.91 Å². The Bertz CT molecular complexity index is 275. The SMILES string of the molecule is CC1CC1NC(=O)C1(C#N)CCC1. The number of nitriles is 1. The van der Waals surface area contributed by atoms with Crippen LogP contribution in [0.25, 0.3) is 0 Å². The highest BCUT2D eigenvalue weighted by Gasteiger charge is 2.47. The summed E-state index contributed by atoms with van der Waals surface area (Å²) in [6.45, 7) is 2.12. The molecule has 1 N–H and O–H groups in total. The van der Waals surface area contributed by atoms with Crippen molar-refractivity contribution in [3.8, 4) is 6.07 Å². The van der Waals surface area contributed by atoms with Crippen LogP contribution in [0.4, 0.5) is 0 Å². The number of carbonyl (C=O) groups excluding carboxylic acids is 1. The summed E-state index contributed by atoms with van der Waals surface area (Å²) in [7, 11) is 0. The zero-order chi connectivity index (χ0) is 9.47. The maximum atomic E-state index is 11.6. The first-order valence-electron chi connectivity index (χ1n) is 4.90. The summed E-state index contributed by atoms with van der Waals surface area (Å²) in [6, 6.07) is 2.50. The van der Waals surface area contributed by atoms with Crippen LogP contribution in [0.5, 0.6) is 0 Å². The highest BCUT2D eigenvalue weighted by atomic mass is 16.2. The van der Waals surface area contributed by atoms with Crippen LogP contribution in [0.2, 0.25) is 0 Å².